The lowest BCUT2D eigenvalue weighted by Gasteiger charge is -2.22. The van der Waals surface area contributed by atoms with E-state index in [2.05, 4.69) is 0 Å². The first-order valence-corrected chi connectivity index (χ1v) is 5.67. The van der Waals surface area contributed by atoms with Crippen molar-refractivity contribution in [1.29, 1.82) is 0 Å². The van der Waals surface area contributed by atoms with Crippen LogP contribution in [0.4, 0.5) is 0 Å². The van der Waals surface area contributed by atoms with Crippen molar-refractivity contribution in [3.8, 4) is 0 Å². The fourth-order valence-electron chi connectivity index (χ4n) is 1.11. The van der Waals surface area contributed by atoms with Crippen molar-refractivity contribution < 1.29 is 14.5 Å². The van der Waals surface area contributed by atoms with Gasteiger partial charge >= 0.3 is 0 Å². The van der Waals surface area contributed by atoms with E-state index < -0.39 is 7.77 Å². The van der Waals surface area contributed by atoms with Gasteiger partial charge in [-0.15, -0.1) is 0 Å². The van der Waals surface area contributed by atoms with Gasteiger partial charge in [0.15, 0.2) is 6.54 Å². The van der Waals surface area contributed by atoms with Gasteiger partial charge in [-0.25, -0.2) is 0 Å². The average molecular weight is 202 g/mol. The predicted molar refractivity (Wildman–Crippen MR) is 54.1 cm³/mol. The maximum atomic E-state index is 11.6. The van der Waals surface area contributed by atoms with Crippen molar-refractivity contribution in [2.45, 2.75) is 12.8 Å². The number of quaternary nitrogens is 1. The van der Waals surface area contributed by atoms with E-state index in [0.717, 1.165) is 18.2 Å². The largest absolute Gasteiger partial charge is 0.624 e. The Morgan fingerprint density at radius 2 is 2.15 bits per heavy atom. The van der Waals surface area contributed by atoms with Gasteiger partial charge in [0.25, 0.3) is 5.48 Å². The second-order valence-electron chi connectivity index (χ2n) is 4.39. The molecule has 0 spiro atoms. The van der Waals surface area contributed by atoms with Crippen molar-refractivity contribution in [3.05, 3.63) is 11.4 Å². The molecule has 3 nitrogen and oxygen atoms in total. The van der Waals surface area contributed by atoms with Crippen molar-refractivity contribution >= 4 is 13.3 Å². The molecule has 0 aromatic carbocycles. The third kappa shape index (κ3) is 3.20. The first-order chi connectivity index (χ1) is 5.90. The van der Waals surface area contributed by atoms with Crippen LogP contribution in [0.15, 0.2) is 11.4 Å². The highest BCUT2D eigenvalue weighted by Crippen LogP contribution is 2.37. The van der Waals surface area contributed by atoms with Gasteiger partial charge in [-0.1, -0.05) is 0 Å². The third-order valence-corrected chi connectivity index (χ3v) is 3.43. The van der Waals surface area contributed by atoms with Gasteiger partial charge in [0.1, 0.15) is 13.1 Å². The lowest BCUT2D eigenvalue weighted by Crippen LogP contribution is -2.39. The van der Waals surface area contributed by atoms with E-state index in [4.69, 9.17) is 0 Å². The Morgan fingerprint density at radius 3 is 2.46 bits per heavy atom. The molecule has 4 heteroatoms. The summed E-state index contributed by atoms with van der Waals surface area (Å²) in [5, 5.41) is 10.5. The number of rotatable bonds is 3. The summed E-state index contributed by atoms with van der Waals surface area (Å²) >= 11 is 0. The smallest absolute Gasteiger partial charge is 0.279 e. The molecular formula is C9H17NO2P+. The Morgan fingerprint density at radius 1 is 1.62 bits per heavy atom. The minimum absolute atomic E-state index is 0.133. The molecule has 1 aliphatic rings. The number of nitrogens with zero attached hydrogens (tertiary/aromatic N) is 1. The SMILES string of the molecule is C[N+](C)(C)C/C(O)=[P+](\[O-])C1=CCC1. The van der Waals surface area contributed by atoms with Gasteiger partial charge in [0.2, 0.25) is 0 Å². The molecule has 0 heterocycles. The Balaban J connectivity index is 2.68. The molecule has 0 saturated carbocycles. The number of likely N-dealkylation sites (N-methyl/N-ethyl adjacent to an activating group) is 1. The maximum Gasteiger partial charge on any atom is 0.279 e. The molecule has 0 amide bonds. The van der Waals surface area contributed by atoms with Crippen LogP contribution in [0.2, 0.25) is 0 Å². The summed E-state index contributed by atoms with van der Waals surface area (Å²) < 4.78 is 0.611. The minimum Gasteiger partial charge on any atom is -0.624 e. The molecule has 13 heavy (non-hydrogen) atoms. The lowest BCUT2D eigenvalue weighted by atomic mass is 10.1. The minimum atomic E-state index is -1.61. The summed E-state index contributed by atoms with van der Waals surface area (Å²) in [5.41, 5.74) is 0.133. The number of allylic oxidation sites excluding steroid dienone is 2. The molecule has 0 fully saturated rings. The molecule has 1 N–H and O–H groups in total. The summed E-state index contributed by atoms with van der Waals surface area (Å²) in [4.78, 5) is 11.6. The van der Waals surface area contributed by atoms with Crippen LogP contribution in [0.3, 0.4) is 0 Å². The number of aliphatic hydroxyl groups excluding tert-OH is 1. The van der Waals surface area contributed by atoms with Crippen molar-refractivity contribution in [2.24, 2.45) is 0 Å². The molecule has 1 atom stereocenters. The molecule has 1 rings (SSSR count). The van der Waals surface area contributed by atoms with Gasteiger partial charge in [-0.2, -0.15) is 0 Å². The van der Waals surface area contributed by atoms with Crippen LogP contribution < -0.4 is 4.89 Å². The lowest BCUT2D eigenvalue weighted by molar-refractivity contribution is -0.861. The van der Waals surface area contributed by atoms with Gasteiger partial charge in [-0.05, 0) is 12.5 Å². The molecule has 0 aliphatic heterocycles. The fourth-order valence-corrected chi connectivity index (χ4v) is 2.62. The monoisotopic (exact) mass is 202 g/mol. The van der Waals surface area contributed by atoms with Crippen LogP contribution in [-0.2, 0) is 0 Å². The highest BCUT2D eigenvalue weighted by Gasteiger charge is 2.22. The number of aliphatic hydroxyl groups is 1. The van der Waals surface area contributed by atoms with Gasteiger partial charge in [0, 0.05) is 6.42 Å². The Labute approximate surface area is 80.4 Å². The Kier molecular flexibility index (Phi) is 3.25. The summed E-state index contributed by atoms with van der Waals surface area (Å²) in [6.45, 7) is 0.465. The van der Waals surface area contributed by atoms with Crippen LogP contribution in [0.25, 0.3) is 0 Å². The third-order valence-electron chi connectivity index (χ3n) is 1.89. The van der Waals surface area contributed by atoms with Crippen LogP contribution in [0.5, 0.6) is 0 Å². The molecule has 0 radical (unpaired) electrons. The predicted octanol–water partition coefficient (Wildman–Crippen LogP) is 0.630. The average Bonchev–Trinajstić information content (AvgIpc) is 1.78. The van der Waals surface area contributed by atoms with E-state index in [1.165, 1.54) is 0 Å². The maximum absolute atomic E-state index is 11.6. The zero-order valence-corrected chi connectivity index (χ0v) is 9.34. The summed E-state index contributed by atoms with van der Waals surface area (Å²) in [6, 6.07) is 0. The zero-order chi connectivity index (χ0) is 10.1. The van der Waals surface area contributed by atoms with Gasteiger partial charge in [-0.3, -0.25) is 0 Å². The number of hydrogen-bond donors (Lipinski definition) is 1. The zero-order valence-electron chi connectivity index (χ0n) is 8.45. The van der Waals surface area contributed by atoms with E-state index in [1.807, 2.05) is 27.2 Å². The highest BCUT2D eigenvalue weighted by atomic mass is 31.1. The van der Waals surface area contributed by atoms with E-state index in [1.54, 1.807) is 0 Å². The second-order valence-corrected chi connectivity index (χ2v) is 6.07. The summed E-state index contributed by atoms with van der Waals surface area (Å²) in [7, 11) is 4.29. The number of hydrogen-bond acceptors (Lipinski definition) is 1. The topological polar surface area (TPSA) is 43.3 Å². The molecule has 74 valence electrons. The first-order valence-electron chi connectivity index (χ1n) is 4.42. The van der Waals surface area contributed by atoms with Crippen LogP contribution in [0, 0.1) is 0 Å². The molecule has 0 aromatic heterocycles. The molecule has 0 saturated heterocycles. The van der Waals surface area contributed by atoms with Gasteiger partial charge < -0.3 is 14.5 Å². The van der Waals surface area contributed by atoms with Crippen LogP contribution >= 0.6 is 7.77 Å². The van der Waals surface area contributed by atoms with Crippen molar-refractivity contribution in [1.82, 2.24) is 0 Å². The Hall–Kier alpha value is -0.210. The highest BCUT2D eigenvalue weighted by molar-refractivity contribution is 7.55. The van der Waals surface area contributed by atoms with E-state index in [-0.39, 0.29) is 5.48 Å². The van der Waals surface area contributed by atoms with E-state index in [0.29, 0.717) is 11.0 Å². The van der Waals surface area contributed by atoms with E-state index in [9.17, 15) is 10.00 Å². The van der Waals surface area contributed by atoms with Crippen molar-refractivity contribution in [3.63, 3.8) is 0 Å². The molecule has 0 bridgehead atoms. The van der Waals surface area contributed by atoms with Crippen LogP contribution in [-0.4, -0.2) is 42.8 Å². The Bertz CT molecular complexity index is 263. The second kappa shape index (κ2) is 3.89. The molecule has 0 aromatic rings. The fraction of sp³-hybridized carbons (Fsp3) is 0.667. The van der Waals surface area contributed by atoms with E-state index >= 15 is 0 Å². The molecular weight excluding hydrogens is 185 g/mol. The summed E-state index contributed by atoms with van der Waals surface area (Å²) in [6.07, 6.45) is 3.84. The van der Waals surface area contributed by atoms with Crippen molar-refractivity contribution in [2.75, 3.05) is 27.7 Å². The molecule has 1 aliphatic carbocycles. The standard InChI is InChI=1S/C9H16NO2P/c1-10(2,3)7-9(11)13(12)8-5-4-6-8/h5H,4,6-7H2,1-3H3/p+1. The van der Waals surface area contributed by atoms with Crippen LogP contribution in [0.1, 0.15) is 12.8 Å². The quantitative estimate of drug-likeness (QED) is 0.539. The normalized spacial score (nSPS) is 19.0. The summed E-state index contributed by atoms with van der Waals surface area (Å²) in [5.74, 6) is 0. The first kappa shape index (κ1) is 10.9. The van der Waals surface area contributed by atoms with Gasteiger partial charge in [0.05, 0.1) is 21.1 Å². The molecule has 1 unspecified atom stereocenters.